The highest BCUT2D eigenvalue weighted by molar-refractivity contribution is 7.80. The molecule has 0 spiro atoms. The number of amides is 1. The van der Waals surface area contributed by atoms with Crippen LogP contribution in [0.25, 0.3) is 6.08 Å². The molecular formula is C15H16N2O3S. The summed E-state index contributed by atoms with van der Waals surface area (Å²) in [4.78, 5) is 14.0. The van der Waals surface area contributed by atoms with Crippen LogP contribution >= 0.6 is 12.2 Å². The third-order valence-electron chi connectivity index (χ3n) is 3.56. The highest BCUT2D eigenvalue weighted by Gasteiger charge is 2.41. The van der Waals surface area contributed by atoms with Crippen LogP contribution in [0.1, 0.15) is 18.4 Å². The van der Waals surface area contributed by atoms with Crippen LogP contribution < -0.4 is 14.8 Å². The van der Waals surface area contributed by atoms with Gasteiger partial charge in [-0.25, -0.2) is 0 Å². The van der Waals surface area contributed by atoms with E-state index in [0.717, 1.165) is 18.4 Å². The molecule has 2 aliphatic rings. The Morgan fingerprint density at radius 3 is 2.71 bits per heavy atom. The van der Waals surface area contributed by atoms with Gasteiger partial charge in [0.05, 0.1) is 14.2 Å². The third kappa shape index (κ3) is 2.58. The van der Waals surface area contributed by atoms with E-state index in [2.05, 4.69) is 5.32 Å². The summed E-state index contributed by atoms with van der Waals surface area (Å²) in [6.45, 7) is 0. The van der Waals surface area contributed by atoms with Crippen molar-refractivity contribution < 1.29 is 14.3 Å². The summed E-state index contributed by atoms with van der Waals surface area (Å²) in [5.41, 5.74) is 1.28. The normalized spacial score (nSPS) is 19.9. The first-order chi connectivity index (χ1) is 10.1. The molecule has 0 aromatic heterocycles. The van der Waals surface area contributed by atoms with Gasteiger partial charge in [-0.05, 0) is 43.3 Å². The molecular weight excluding hydrogens is 288 g/mol. The lowest BCUT2D eigenvalue weighted by atomic mass is 10.1. The fourth-order valence-corrected chi connectivity index (χ4v) is 2.65. The lowest BCUT2D eigenvalue weighted by molar-refractivity contribution is -0.122. The van der Waals surface area contributed by atoms with Gasteiger partial charge >= 0.3 is 0 Å². The molecule has 1 saturated heterocycles. The molecule has 1 heterocycles. The Balaban J connectivity index is 1.91. The maximum Gasteiger partial charge on any atom is 0.276 e. The van der Waals surface area contributed by atoms with Gasteiger partial charge in [0.1, 0.15) is 17.2 Å². The lowest BCUT2D eigenvalue weighted by Gasteiger charge is -2.11. The minimum atomic E-state index is -0.0691. The summed E-state index contributed by atoms with van der Waals surface area (Å²) in [6, 6.07) is 5.72. The Morgan fingerprint density at radius 1 is 1.33 bits per heavy atom. The molecule has 1 N–H and O–H groups in total. The van der Waals surface area contributed by atoms with Gasteiger partial charge in [-0.2, -0.15) is 0 Å². The van der Waals surface area contributed by atoms with Crippen LogP contribution in [-0.4, -0.2) is 36.2 Å². The Labute approximate surface area is 128 Å². The van der Waals surface area contributed by atoms with E-state index in [1.54, 1.807) is 31.3 Å². The number of carbonyl (C=O) groups excluding carboxylic acids is 1. The largest absolute Gasteiger partial charge is 0.497 e. The van der Waals surface area contributed by atoms with E-state index in [0.29, 0.717) is 22.3 Å². The lowest BCUT2D eigenvalue weighted by Crippen LogP contribution is -2.32. The van der Waals surface area contributed by atoms with Crippen LogP contribution in [0.4, 0.5) is 0 Å². The van der Waals surface area contributed by atoms with Crippen molar-refractivity contribution in [1.82, 2.24) is 10.2 Å². The number of benzene rings is 1. The summed E-state index contributed by atoms with van der Waals surface area (Å²) in [5.74, 6) is 1.28. The number of thiocarbonyl (C=S) groups is 1. The summed E-state index contributed by atoms with van der Waals surface area (Å²) >= 11 is 5.23. The number of methoxy groups -OCH3 is 2. The van der Waals surface area contributed by atoms with Crippen molar-refractivity contribution >= 4 is 29.3 Å². The number of hydrogen-bond donors (Lipinski definition) is 1. The van der Waals surface area contributed by atoms with Crippen molar-refractivity contribution in [3.8, 4) is 11.5 Å². The van der Waals surface area contributed by atoms with Crippen molar-refractivity contribution in [2.24, 2.45) is 0 Å². The van der Waals surface area contributed by atoms with Crippen LogP contribution in [0.2, 0.25) is 0 Å². The number of nitrogens with zero attached hydrogens (tertiary/aromatic N) is 1. The molecule has 0 bridgehead atoms. The second-order valence-electron chi connectivity index (χ2n) is 5.00. The predicted molar refractivity (Wildman–Crippen MR) is 83.1 cm³/mol. The fourth-order valence-electron chi connectivity index (χ4n) is 2.31. The van der Waals surface area contributed by atoms with Crippen molar-refractivity contribution in [1.29, 1.82) is 0 Å². The summed E-state index contributed by atoms with van der Waals surface area (Å²) in [6.07, 6.45) is 3.80. The number of hydrogen-bond acceptors (Lipinski definition) is 4. The highest BCUT2D eigenvalue weighted by atomic mass is 32.1. The average molecular weight is 304 g/mol. The van der Waals surface area contributed by atoms with E-state index >= 15 is 0 Å². The second kappa shape index (κ2) is 5.37. The second-order valence-corrected chi connectivity index (χ2v) is 5.39. The molecule has 1 aliphatic carbocycles. The van der Waals surface area contributed by atoms with Crippen LogP contribution in [0, 0.1) is 0 Å². The number of carbonyl (C=O) groups is 1. The van der Waals surface area contributed by atoms with Crippen molar-refractivity contribution in [3.63, 3.8) is 0 Å². The average Bonchev–Trinajstić information content (AvgIpc) is 3.27. The zero-order chi connectivity index (χ0) is 15.0. The Kier molecular flexibility index (Phi) is 3.55. The number of nitrogens with one attached hydrogen (secondary N) is 1. The van der Waals surface area contributed by atoms with Crippen molar-refractivity contribution in [2.75, 3.05) is 14.2 Å². The molecule has 6 heteroatoms. The Morgan fingerprint density at radius 2 is 2.10 bits per heavy atom. The molecule has 1 amide bonds. The summed E-state index contributed by atoms with van der Waals surface area (Å²) in [5, 5.41) is 3.47. The van der Waals surface area contributed by atoms with E-state index in [9.17, 15) is 4.79 Å². The van der Waals surface area contributed by atoms with Gasteiger partial charge in [-0.3, -0.25) is 9.69 Å². The molecule has 3 rings (SSSR count). The Hall–Kier alpha value is -2.08. The standard InChI is InChI=1S/C15H16N2O3S/c1-19-11-6-3-9(13(8-11)20-2)7-12-14(18)17(10-4-5-10)15(21)16-12/h3,6-8,10H,4-5H2,1-2H3,(H,16,21)/b12-7+. The molecule has 5 nitrogen and oxygen atoms in total. The zero-order valence-corrected chi connectivity index (χ0v) is 12.7. The summed E-state index contributed by atoms with van der Waals surface area (Å²) < 4.78 is 10.5. The molecule has 1 aromatic rings. The van der Waals surface area contributed by atoms with E-state index in [-0.39, 0.29) is 11.9 Å². The molecule has 110 valence electrons. The van der Waals surface area contributed by atoms with E-state index in [1.165, 1.54) is 0 Å². The SMILES string of the molecule is COc1ccc(/C=C2/NC(=S)N(C3CC3)C2=O)c(OC)c1. The first kappa shape index (κ1) is 13.9. The smallest absolute Gasteiger partial charge is 0.276 e. The van der Waals surface area contributed by atoms with E-state index in [4.69, 9.17) is 21.7 Å². The molecule has 2 fully saturated rings. The van der Waals surface area contributed by atoms with Crippen LogP contribution in [0.3, 0.4) is 0 Å². The first-order valence-electron chi connectivity index (χ1n) is 6.72. The minimum Gasteiger partial charge on any atom is -0.497 e. The molecule has 0 atom stereocenters. The van der Waals surface area contributed by atoms with E-state index < -0.39 is 0 Å². The molecule has 21 heavy (non-hydrogen) atoms. The van der Waals surface area contributed by atoms with Crippen molar-refractivity contribution in [3.05, 3.63) is 29.5 Å². The quantitative estimate of drug-likeness (QED) is 0.680. The topological polar surface area (TPSA) is 50.8 Å². The van der Waals surface area contributed by atoms with Gasteiger partial charge in [0, 0.05) is 17.7 Å². The van der Waals surface area contributed by atoms with Crippen LogP contribution in [0.5, 0.6) is 11.5 Å². The third-order valence-corrected chi connectivity index (χ3v) is 3.86. The maximum absolute atomic E-state index is 12.4. The highest BCUT2D eigenvalue weighted by Crippen LogP contribution is 2.32. The van der Waals surface area contributed by atoms with Gasteiger partial charge in [-0.15, -0.1) is 0 Å². The van der Waals surface area contributed by atoms with Crippen LogP contribution in [-0.2, 0) is 4.79 Å². The molecule has 1 aromatic carbocycles. The number of ether oxygens (including phenoxy) is 2. The van der Waals surface area contributed by atoms with E-state index in [1.807, 2.05) is 12.1 Å². The van der Waals surface area contributed by atoms with Gasteiger partial charge in [0.25, 0.3) is 5.91 Å². The van der Waals surface area contributed by atoms with Gasteiger partial charge < -0.3 is 14.8 Å². The van der Waals surface area contributed by atoms with Crippen molar-refractivity contribution in [2.45, 2.75) is 18.9 Å². The Bertz CT molecular complexity index is 638. The van der Waals surface area contributed by atoms with Gasteiger partial charge in [-0.1, -0.05) is 0 Å². The monoisotopic (exact) mass is 304 g/mol. The first-order valence-corrected chi connectivity index (χ1v) is 7.13. The molecule has 0 unspecified atom stereocenters. The predicted octanol–water partition coefficient (Wildman–Crippen LogP) is 1.92. The molecule has 0 radical (unpaired) electrons. The molecule has 1 saturated carbocycles. The van der Waals surface area contributed by atoms with Gasteiger partial charge in [0.15, 0.2) is 5.11 Å². The van der Waals surface area contributed by atoms with Crippen LogP contribution in [0.15, 0.2) is 23.9 Å². The minimum absolute atomic E-state index is 0.0691. The fraction of sp³-hybridized carbons (Fsp3) is 0.333. The maximum atomic E-state index is 12.4. The summed E-state index contributed by atoms with van der Waals surface area (Å²) in [7, 11) is 3.18. The van der Waals surface area contributed by atoms with Gasteiger partial charge in [0.2, 0.25) is 0 Å². The number of rotatable bonds is 4. The molecule has 1 aliphatic heterocycles. The zero-order valence-electron chi connectivity index (χ0n) is 11.9.